The van der Waals surface area contributed by atoms with E-state index in [0.717, 1.165) is 4.90 Å². The molecular weight excluding hydrogens is 566 g/mol. The smallest absolute Gasteiger partial charge is 0.410 e. The molecule has 0 bridgehead atoms. The molecule has 3 aromatic rings. The Morgan fingerprint density at radius 3 is 2.33 bits per heavy atom. The fourth-order valence-corrected chi connectivity index (χ4v) is 5.25. The molecule has 2 aliphatic heterocycles. The Balaban J connectivity index is 1.53. The Bertz CT molecular complexity index is 1590. The van der Waals surface area contributed by atoms with Crippen molar-refractivity contribution in [1.82, 2.24) is 9.88 Å². The molecule has 0 unspecified atom stereocenters. The molecule has 0 atom stereocenters. The van der Waals surface area contributed by atoms with Gasteiger partial charge < -0.3 is 14.5 Å². The number of benzene rings is 2. The molecule has 2 aliphatic rings. The van der Waals surface area contributed by atoms with Crippen molar-refractivity contribution in [3.05, 3.63) is 64.8 Å². The highest BCUT2D eigenvalue weighted by Crippen LogP contribution is 2.46. The summed E-state index contributed by atoms with van der Waals surface area (Å²) in [5.41, 5.74) is 0.305. The van der Waals surface area contributed by atoms with E-state index < -0.39 is 35.0 Å². The van der Waals surface area contributed by atoms with Crippen LogP contribution in [0.3, 0.4) is 0 Å². The summed E-state index contributed by atoms with van der Waals surface area (Å²) in [6.07, 6.45) is 0.954. The third-order valence-corrected chi connectivity index (χ3v) is 7.21. The van der Waals surface area contributed by atoms with Crippen LogP contribution in [0, 0.1) is 23.0 Å². The van der Waals surface area contributed by atoms with Gasteiger partial charge in [0.15, 0.2) is 11.6 Å². The lowest BCUT2D eigenvalue weighted by Crippen LogP contribution is -2.50. The lowest BCUT2D eigenvalue weighted by atomic mass is 10.0. The summed E-state index contributed by atoms with van der Waals surface area (Å²) in [5, 5.41) is 9.90. The van der Waals surface area contributed by atoms with Gasteiger partial charge in [-0.15, -0.1) is 0 Å². The predicted molar refractivity (Wildman–Crippen MR) is 156 cm³/mol. The van der Waals surface area contributed by atoms with E-state index in [2.05, 4.69) is 4.98 Å². The van der Waals surface area contributed by atoms with Gasteiger partial charge in [0.1, 0.15) is 17.1 Å². The molecule has 0 aliphatic carbocycles. The zero-order valence-corrected chi connectivity index (χ0v) is 24.4. The lowest BCUT2D eigenvalue weighted by molar-refractivity contribution is 0.0240. The van der Waals surface area contributed by atoms with Gasteiger partial charge in [0.2, 0.25) is 0 Å². The molecule has 9 nitrogen and oxygen atoms in total. The number of hydrogen-bond donors (Lipinski definition) is 0. The minimum atomic E-state index is -0.964. The second kappa shape index (κ2) is 11.1. The van der Waals surface area contributed by atoms with Gasteiger partial charge in [-0.3, -0.25) is 9.80 Å². The van der Waals surface area contributed by atoms with Crippen molar-refractivity contribution in [3.8, 4) is 17.2 Å². The fraction of sp³-hybridized carbons (Fsp3) is 0.333. The normalized spacial score (nSPS) is 15.1. The number of aromatic nitrogens is 1. The van der Waals surface area contributed by atoms with Gasteiger partial charge in [0.05, 0.1) is 22.3 Å². The van der Waals surface area contributed by atoms with E-state index in [1.54, 1.807) is 55.7 Å². The molecule has 0 spiro atoms. The molecule has 12 heteroatoms. The summed E-state index contributed by atoms with van der Waals surface area (Å²) in [4.78, 5) is 36.3. The lowest BCUT2D eigenvalue weighted by Gasteiger charge is -2.37. The number of carbonyl (C=O) groups is 2. The Kier molecular flexibility index (Phi) is 7.68. The molecular formula is C30H29ClF2N6O3. The average molecular weight is 595 g/mol. The molecule has 1 fully saturated rings. The van der Waals surface area contributed by atoms with Crippen molar-refractivity contribution in [2.24, 2.45) is 0 Å². The monoisotopic (exact) mass is 594 g/mol. The largest absolute Gasteiger partial charge is 0.444 e. The maximum Gasteiger partial charge on any atom is 0.410 e. The number of ether oxygens (including phenoxy) is 1. The quantitative estimate of drug-likeness (QED) is 0.335. The summed E-state index contributed by atoms with van der Waals surface area (Å²) < 4.78 is 37.4. The topological polar surface area (TPSA) is 93.0 Å². The van der Waals surface area contributed by atoms with Crippen LogP contribution in [-0.2, 0) is 4.74 Å². The maximum absolute atomic E-state index is 16.0. The van der Waals surface area contributed by atoms with Crippen LogP contribution in [0.15, 0.2) is 42.6 Å². The Morgan fingerprint density at radius 2 is 1.74 bits per heavy atom. The number of amides is 3. The van der Waals surface area contributed by atoms with Crippen LogP contribution in [0.25, 0.3) is 11.1 Å². The minimum Gasteiger partial charge on any atom is -0.444 e. The standard InChI is InChI=1S/C30H29ClF2N6O3/c1-5-38-27-22(13-19(31)17-35-27)21-7-6-18(16-34)12-25(21)39(28(38)40)26-23(32)14-20(15-24(26)33)36-8-10-37(11-9-36)29(41)42-30(2,3)4/h6-7,12-15,17H,5,8-11H2,1-4H3. The van der Waals surface area contributed by atoms with Gasteiger partial charge in [-0.1, -0.05) is 17.7 Å². The number of nitriles is 1. The van der Waals surface area contributed by atoms with E-state index in [9.17, 15) is 14.9 Å². The second-order valence-electron chi connectivity index (χ2n) is 10.9. The third-order valence-electron chi connectivity index (χ3n) is 7.01. The fourth-order valence-electron chi connectivity index (χ4n) is 5.10. The summed E-state index contributed by atoms with van der Waals surface area (Å²) in [5.74, 6) is -1.65. The first-order valence-electron chi connectivity index (χ1n) is 13.5. The first kappa shape index (κ1) is 29.1. The molecule has 0 saturated carbocycles. The van der Waals surface area contributed by atoms with Crippen LogP contribution in [0.4, 0.5) is 41.2 Å². The van der Waals surface area contributed by atoms with Gasteiger partial charge in [0.25, 0.3) is 0 Å². The van der Waals surface area contributed by atoms with Gasteiger partial charge in [-0.2, -0.15) is 5.26 Å². The number of piperazine rings is 1. The Labute approximate surface area is 247 Å². The molecule has 42 heavy (non-hydrogen) atoms. The average Bonchev–Trinajstić information content (AvgIpc) is 3.03. The van der Waals surface area contributed by atoms with E-state index in [0.29, 0.717) is 42.3 Å². The van der Waals surface area contributed by atoms with Crippen LogP contribution >= 0.6 is 11.6 Å². The minimum absolute atomic E-state index is 0.122. The SMILES string of the molecule is CCN1C(=O)N(c2c(F)cc(N3CCN(C(=O)OC(C)(C)C)CC3)cc2F)c2cc(C#N)ccc2-c2cc(Cl)cnc21. The molecule has 3 heterocycles. The van der Waals surface area contributed by atoms with Gasteiger partial charge in [-0.05, 0) is 58.0 Å². The highest BCUT2D eigenvalue weighted by atomic mass is 35.5. The van der Waals surface area contributed by atoms with Crippen molar-refractivity contribution < 1.29 is 23.1 Å². The number of hydrogen-bond acceptors (Lipinski definition) is 6. The molecule has 0 radical (unpaired) electrons. The molecule has 218 valence electrons. The summed E-state index contributed by atoms with van der Waals surface area (Å²) in [7, 11) is 0. The zero-order valence-electron chi connectivity index (χ0n) is 23.6. The van der Waals surface area contributed by atoms with E-state index in [-0.39, 0.29) is 29.3 Å². The molecule has 5 rings (SSSR count). The van der Waals surface area contributed by atoms with Crippen molar-refractivity contribution in [2.75, 3.05) is 47.4 Å². The van der Waals surface area contributed by atoms with Crippen molar-refractivity contribution >= 4 is 46.6 Å². The molecule has 1 aromatic heterocycles. The predicted octanol–water partition coefficient (Wildman–Crippen LogP) is 6.71. The number of fused-ring (bicyclic) bond motifs is 3. The third kappa shape index (κ3) is 5.42. The Morgan fingerprint density at radius 1 is 1.07 bits per heavy atom. The Hall–Kier alpha value is -4.43. The number of rotatable bonds is 3. The number of nitrogens with zero attached hydrogens (tertiary/aromatic N) is 6. The molecule has 0 N–H and O–H groups in total. The van der Waals surface area contributed by atoms with Crippen LogP contribution < -0.4 is 14.7 Å². The first-order valence-corrected chi connectivity index (χ1v) is 13.8. The maximum atomic E-state index is 16.0. The van der Waals surface area contributed by atoms with Crippen molar-refractivity contribution in [2.45, 2.75) is 33.3 Å². The number of urea groups is 1. The van der Waals surface area contributed by atoms with Gasteiger partial charge >= 0.3 is 12.1 Å². The summed E-state index contributed by atoms with van der Waals surface area (Å²) in [6, 6.07) is 9.84. The van der Waals surface area contributed by atoms with E-state index >= 15 is 8.78 Å². The second-order valence-corrected chi connectivity index (χ2v) is 11.4. The van der Waals surface area contributed by atoms with Crippen LogP contribution in [0.5, 0.6) is 0 Å². The molecule has 1 saturated heterocycles. The van der Waals surface area contributed by atoms with E-state index in [1.807, 2.05) is 6.07 Å². The first-order chi connectivity index (χ1) is 19.9. The highest BCUT2D eigenvalue weighted by Gasteiger charge is 2.37. The van der Waals surface area contributed by atoms with Gasteiger partial charge in [-0.25, -0.2) is 23.4 Å². The van der Waals surface area contributed by atoms with E-state index in [1.165, 1.54) is 29.3 Å². The number of pyridine rings is 1. The van der Waals surface area contributed by atoms with E-state index in [4.69, 9.17) is 16.3 Å². The highest BCUT2D eigenvalue weighted by molar-refractivity contribution is 6.31. The van der Waals surface area contributed by atoms with Gasteiger partial charge in [0, 0.05) is 55.7 Å². The summed E-state index contributed by atoms with van der Waals surface area (Å²) >= 11 is 6.25. The van der Waals surface area contributed by atoms with Crippen molar-refractivity contribution in [3.63, 3.8) is 0 Å². The van der Waals surface area contributed by atoms with Crippen LogP contribution in [-0.4, -0.2) is 60.3 Å². The molecule has 3 amide bonds. The summed E-state index contributed by atoms with van der Waals surface area (Å²) in [6.45, 7) is 8.52. The number of anilines is 4. The van der Waals surface area contributed by atoms with Crippen molar-refractivity contribution in [1.29, 1.82) is 5.26 Å². The number of carbonyl (C=O) groups excluding carboxylic acids is 2. The zero-order chi connectivity index (χ0) is 30.3. The van der Waals surface area contributed by atoms with Crippen LogP contribution in [0.2, 0.25) is 5.02 Å². The number of halogens is 3. The molecule has 2 aromatic carbocycles. The van der Waals surface area contributed by atoms with Crippen LogP contribution in [0.1, 0.15) is 33.3 Å².